The summed E-state index contributed by atoms with van der Waals surface area (Å²) in [6.45, 7) is 18.0. The summed E-state index contributed by atoms with van der Waals surface area (Å²) in [6.07, 6.45) is 10.5. The van der Waals surface area contributed by atoms with E-state index in [2.05, 4.69) is 156 Å². The average Bonchev–Trinajstić information content (AvgIpc) is 3.18. The summed E-state index contributed by atoms with van der Waals surface area (Å²) in [5.41, 5.74) is 11.4. The van der Waals surface area contributed by atoms with Crippen LogP contribution in [0.5, 0.6) is 0 Å². The number of pyridine rings is 2. The van der Waals surface area contributed by atoms with Crippen LogP contribution in [0.3, 0.4) is 0 Å². The van der Waals surface area contributed by atoms with Gasteiger partial charge in [0.15, 0.2) is 24.8 Å². The summed E-state index contributed by atoms with van der Waals surface area (Å²) in [6, 6.07) is 24.1. The molecule has 0 radical (unpaired) electrons. The number of hydrogen-bond donors (Lipinski definition) is 0. The van der Waals surface area contributed by atoms with Crippen LogP contribution in [0.2, 0.25) is 0 Å². The average molecular weight is 541 g/mol. The zero-order valence-electron chi connectivity index (χ0n) is 25.5. The summed E-state index contributed by atoms with van der Waals surface area (Å²) < 4.78 is 4.35. The molecule has 0 spiro atoms. The second-order valence-electron chi connectivity index (χ2n) is 13.8. The molecule has 0 bridgehead atoms. The summed E-state index contributed by atoms with van der Waals surface area (Å²) in [4.78, 5) is 10.1. The standard InChI is InChI=1S/C37H40N4/c1-35(2,3)26-9-13-28(14-10-26)40-20-17-25(18-21-40)32-23-38-33-30-19-22-41(24-31(30)37(7,8)34(33)39-32)29-15-11-27(12-16-29)36(4,5)6/h9-24H,1-8H3/q+2. The predicted octanol–water partition coefficient (Wildman–Crippen LogP) is 7.60. The molecule has 3 aromatic heterocycles. The van der Waals surface area contributed by atoms with Gasteiger partial charge in [-0.2, -0.15) is 9.13 Å². The second-order valence-corrected chi connectivity index (χ2v) is 13.8. The van der Waals surface area contributed by atoms with Crippen molar-refractivity contribution in [3.8, 4) is 33.9 Å². The molecule has 0 amide bonds. The Morgan fingerprint density at radius 3 is 1.68 bits per heavy atom. The number of fused-ring (bicyclic) bond motifs is 3. The van der Waals surface area contributed by atoms with Gasteiger partial charge in [-0.25, -0.2) is 4.98 Å². The molecule has 5 aromatic rings. The smallest absolute Gasteiger partial charge is 0.210 e. The van der Waals surface area contributed by atoms with Gasteiger partial charge in [0.25, 0.3) is 0 Å². The number of nitrogens with zero attached hydrogens (tertiary/aromatic N) is 4. The Balaban J connectivity index is 1.29. The predicted molar refractivity (Wildman–Crippen MR) is 165 cm³/mol. The topological polar surface area (TPSA) is 33.5 Å². The lowest BCUT2D eigenvalue weighted by molar-refractivity contribution is -0.596. The first-order valence-corrected chi connectivity index (χ1v) is 14.5. The Labute approximate surface area is 244 Å². The van der Waals surface area contributed by atoms with E-state index in [4.69, 9.17) is 9.97 Å². The van der Waals surface area contributed by atoms with Gasteiger partial charge in [0, 0.05) is 64.6 Å². The second kappa shape index (κ2) is 9.44. The van der Waals surface area contributed by atoms with E-state index in [0.717, 1.165) is 39.6 Å². The molecule has 1 aliphatic carbocycles. The fraction of sp³-hybridized carbons (Fsp3) is 0.297. The molecular weight excluding hydrogens is 500 g/mol. The molecule has 0 saturated heterocycles. The molecular formula is C37H40N4+2. The quantitative estimate of drug-likeness (QED) is 0.221. The van der Waals surface area contributed by atoms with Crippen LogP contribution < -0.4 is 9.13 Å². The Kier molecular flexibility index (Phi) is 6.22. The largest absolute Gasteiger partial charge is 0.252 e. The van der Waals surface area contributed by atoms with Gasteiger partial charge in [0.2, 0.25) is 11.4 Å². The molecule has 6 rings (SSSR count). The van der Waals surface area contributed by atoms with Crippen LogP contribution >= 0.6 is 0 Å². The third kappa shape index (κ3) is 4.86. The molecule has 206 valence electrons. The van der Waals surface area contributed by atoms with Crippen LogP contribution in [-0.2, 0) is 16.2 Å². The van der Waals surface area contributed by atoms with Crippen molar-refractivity contribution in [3.05, 3.63) is 120 Å². The summed E-state index contributed by atoms with van der Waals surface area (Å²) >= 11 is 0. The van der Waals surface area contributed by atoms with Crippen LogP contribution in [0.15, 0.2) is 97.7 Å². The van der Waals surface area contributed by atoms with Crippen molar-refractivity contribution >= 4 is 0 Å². The number of benzene rings is 2. The van der Waals surface area contributed by atoms with Crippen LogP contribution in [-0.4, -0.2) is 9.97 Å². The Hall–Kier alpha value is -4.18. The van der Waals surface area contributed by atoms with Gasteiger partial charge in [-0.15, -0.1) is 0 Å². The van der Waals surface area contributed by atoms with Crippen LogP contribution in [0.1, 0.15) is 77.8 Å². The van der Waals surface area contributed by atoms with Gasteiger partial charge >= 0.3 is 0 Å². The lowest BCUT2D eigenvalue weighted by atomic mass is 9.86. The number of rotatable bonds is 3. The molecule has 0 unspecified atom stereocenters. The van der Waals surface area contributed by atoms with Gasteiger partial charge in [-0.3, -0.25) is 4.98 Å². The number of aromatic nitrogens is 4. The zero-order valence-corrected chi connectivity index (χ0v) is 25.5. The zero-order chi connectivity index (χ0) is 29.2. The fourth-order valence-corrected chi connectivity index (χ4v) is 5.69. The minimum Gasteiger partial charge on any atom is -0.252 e. The molecule has 41 heavy (non-hydrogen) atoms. The molecule has 3 heterocycles. The fourth-order valence-electron chi connectivity index (χ4n) is 5.69. The third-order valence-corrected chi connectivity index (χ3v) is 8.44. The van der Waals surface area contributed by atoms with Crippen molar-refractivity contribution in [3.63, 3.8) is 0 Å². The first kappa shape index (κ1) is 27.0. The lowest BCUT2D eigenvalue weighted by Gasteiger charge is -2.19. The van der Waals surface area contributed by atoms with Crippen molar-refractivity contribution in [1.82, 2.24) is 9.97 Å². The highest BCUT2D eigenvalue weighted by Crippen LogP contribution is 2.46. The van der Waals surface area contributed by atoms with Crippen LogP contribution in [0.25, 0.3) is 33.9 Å². The molecule has 0 aliphatic heterocycles. The monoisotopic (exact) mass is 540 g/mol. The molecule has 0 fully saturated rings. The van der Waals surface area contributed by atoms with Gasteiger partial charge in [0.05, 0.1) is 23.3 Å². The highest BCUT2D eigenvalue weighted by Gasteiger charge is 2.41. The highest BCUT2D eigenvalue weighted by molar-refractivity contribution is 5.76. The molecule has 4 nitrogen and oxygen atoms in total. The molecule has 0 atom stereocenters. The van der Waals surface area contributed by atoms with Crippen molar-refractivity contribution in [1.29, 1.82) is 0 Å². The van der Waals surface area contributed by atoms with Crippen molar-refractivity contribution in [2.24, 2.45) is 0 Å². The summed E-state index contributed by atoms with van der Waals surface area (Å²) in [5, 5.41) is 0. The molecule has 0 N–H and O–H groups in total. The van der Waals surface area contributed by atoms with Crippen molar-refractivity contribution < 1.29 is 9.13 Å². The maximum absolute atomic E-state index is 5.19. The molecule has 1 aliphatic rings. The Morgan fingerprint density at radius 1 is 0.634 bits per heavy atom. The minimum absolute atomic E-state index is 0.135. The first-order valence-electron chi connectivity index (χ1n) is 14.5. The SMILES string of the molecule is CC(C)(C)c1ccc(-[n+]2ccc(-c3cnc4c(n3)C(C)(C)c3c[n+](-c5ccc(C(C)(C)C)cc5)ccc3-4)cc2)cc1. The first-order chi connectivity index (χ1) is 19.3. The van der Waals surface area contributed by atoms with E-state index in [0.29, 0.717) is 0 Å². The molecule has 4 heteroatoms. The summed E-state index contributed by atoms with van der Waals surface area (Å²) in [7, 11) is 0. The van der Waals surface area contributed by atoms with Crippen LogP contribution in [0.4, 0.5) is 0 Å². The molecule has 0 saturated carbocycles. The van der Waals surface area contributed by atoms with Gasteiger partial charge < -0.3 is 0 Å². The van der Waals surface area contributed by atoms with Crippen molar-refractivity contribution in [2.45, 2.75) is 71.6 Å². The normalized spacial score (nSPS) is 14.0. The maximum atomic E-state index is 5.19. The van der Waals surface area contributed by atoms with Crippen molar-refractivity contribution in [2.75, 3.05) is 0 Å². The van der Waals surface area contributed by atoms with Gasteiger partial charge in [-0.1, -0.05) is 65.8 Å². The molecule has 2 aromatic carbocycles. The van der Waals surface area contributed by atoms with E-state index >= 15 is 0 Å². The van der Waals surface area contributed by atoms with E-state index in [-0.39, 0.29) is 16.2 Å². The third-order valence-electron chi connectivity index (χ3n) is 8.44. The van der Waals surface area contributed by atoms with Crippen LogP contribution in [0, 0.1) is 0 Å². The summed E-state index contributed by atoms with van der Waals surface area (Å²) in [5.74, 6) is 0. The number of hydrogen-bond acceptors (Lipinski definition) is 2. The van der Waals surface area contributed by atoms with E-state index in [1.54, 1.807) is 0 Å². The van der Waals surface area contributed by atoms with E-state index in [9.17, 15) is 0 Å². The highest BCUT2D eigenvalue weighted by atomic mass is 15.0. The maximum Gasteiger partial charge on any atom is 0.210 e. The Bertz CT molecular complexity index is 1730. The Morgan fingerprint density at radius 2 is 1.15 bits per heavy atom. The van der Waals surface area contributed by atoms with E-state index < -0.39 is 0 Å². The van der Waals surface area contributed by atoms with Gasteiger partial charge in [0.1, 0.15) is 0 Å². The minimum atomic E-state index is -0.258. The van der Waals surface area contributed by atoms with Gasteiger partial charge in [-0.05, 0) is 35.8 Å². The lowest BCUT2D eigenvalue weighted by Crippen LogP contribution is -2.32. The van der Waals surface area contributed by atoms with E-state index in [1.807, 2.05) is 6.20 Å². The van der Waals surface area contributed by atoms with E-state index in [1.165, 1.54) is 16.7 Å².